The number of carbonyl (C=O) groups is 1. The number of aromatic nitrogens is 4. The van der Waals surface area contributed by atoms with Gasteiger partial charge in [-0.15, -0.1) is 0 Å². The quantitative estimate of drug-likeness (QED) is 0.904. The largest absolute Gasteiger partial charge is 0.342 e. The number of hydrogen-bond donors (Lipinski definition) is 1. The third kappa shape index (κ3) is 2.38. The fourth-order valence-corrected chi connectivity index (χ4v) is 2.23. The molecule has 0 aliphatic rings. The van der Waals surface area contributed by atoms with Gasteiger partial charge in [-0.25, -0.2) is 4.98 Å². The van der Waals surface area contributed by atoms with Crippen LogP contribution in [0.4, 0.5) is 0 Å². The normalized spacial score (nSPS) is 12.5. The molecular formula is C13H19N5O. The molecule has 1 amide bonds. The highest BCUT2D eigenvalue weighted by Crippen LogP contribution is 2.14. The van der Waals surface area contributed by atoms with Gasteiger partial charge in [-0.1, -0.05) is 0 Å². The molecule has 0 bridgehead atoms. The monoisotopic (exact) mass is 261 g/mol. The molecule has 0 saturated carbocycles. The van der Waals surface area contributed by atoms with E-state index in [0.717, 1.165) is 17.2 Å². The van der Waals surface area contributed by atoms with E-state index in [1.165, 1.54) is 0 Å². The average Bonchev–Trinajstić information content (AvgIpc) is 2.84. The van der Waals surface area contributed by atoms with Crippen LogP contribution >= 0.6 is 0 Å². The van der Waals surface area contributed by atoms with Gasteiger partial charge in [0, 0.05) is 32.2 Å². The summed E-state index contributed by atoms with van der Waals surface area (Å²) in [4.78, 5) is 16.6. The molecule has 1 unspecified atom stereocenters. The highest BCUT2D eigenvalue weighted by molar-refractivity contribution is 5.96. The molecule has 6 heteroatoms. The maximum Gasteiger partial charge on any atom is 0.255 e. The summed E-state index contributed by atoms with van der Waals surface area (Å²) < 4.78 is 3.61. The molecule has 0 aliphatic heterocycles. The molecule has 0 aliphatic carbocycles. The summed E-state index contributed by atoms with van der Waals surface area (Å²) >= 11 is 0. The lowest BCUT2D eigenvalue weighted by Crippen LogP contribution is -2.29. The summed E-state index contributed by atoms with van der Waals surface area (Å²) in [5, 5.41) is 7.21. The highest BCUT2D eigenvalue weighted by atomic mass is 16.1. The molecule has 6 nitrogen and oxygen atoms in total. The molecule has 0 radical (unpaired) electrons. The Kier molecular flexibility index (Phi) is 3.42. The van der Waals surface area contributed by atoms with Gasteiger partial charge in [0.1, 0.15) is 5.82 Å². The molecular weight excluding hydrogens is 242 g/mol. The summed E-state index contributed by atoms with van der Waals surface area (Å²) in [6.07, 6.45) is 3.58. The van der Waals surface area contributed by atoms with Crippen molar-refractivity contribution in [3.05, 3.63) is 35.2 Å². The van der Waals surface area contributed by atoms with Crippen molar-refractivity contribution < 1.29 is 4.79 Å². The van der Waals surface area contributed by atoms with Crippen molar-refractivity contribution >= 4 is 5.91 Å². The molecule has 2 aromatic heterocycles. The first kappa shape index (κ1) is 13.3. The van der Waals surface area contributed by atoms with E-state index in [0.29, 0.717) is 5.56 Å². The minimum absolute atomic E-state index is 0.112. The van der Waals surface area contributed by atoms with Crippen LogP contribution in [0.1, 0.15) is 40.5 Å². The molecule has 0 aromatic carbocycles. The van der Waals surface area contributed by atoms with Crippen molar-refractivity contribution in [1.82, 2.24) is 24.6 Å². The lowest BCUT2D eigenvalue weighted by molar-refractivity contribution is 0.0936. The topological polar surface area (TPSA) is 64.7 Å². The third-order valence-corrected chi connectivity index (χ3v) is 3.33. The molecule has 19 heavy (non-hydrogen) atoms. The van der Waals surface area contributed by atoms with Gasteiger partial charge in [0.05, 0.1) is 17.3 Å². The molecule has 0 fully saturated rings. The van der Waals surface area contributed by atoms with Crippen molar-refractivity contribution in [2.75, 3.05) is 0 Å². The second-order valence-corrected chi connectivity index (χ2v) is 4.76. The van der Waals surface area contributed by atoms with E-state index in [2.05, 4.69) is 15.4 Å². The van der Waals surface area contributed by atoms with Gasteiger partial charge < -0.3 is 9.88 Å². The summed E-state index contributed by atoms with van der Waals surface area (Å²) in [5.41, 5.74) is 2.25. The first-order valence-electron chi connectivity index (χ1n) is 6.20. The van der Waals surface area contributed by atoms with E-state index in [1.807, 2.05) is 45.6 Å². The number of hydrogen-bond acceptors (Lipinski definition) is 3. The smallest absolute Gasteiger partial charge is 0.255 e. The van der Waals surface area contributed by atoms with Gasteiger partial charge in [-0.2, -0.15) is 5.10 Å². The van der Waals surface area contributed by atoms with Crippen LogP contribution in [0.3, 0.4) is 0 Å². The van der Waals surface area contributed by atoms with Crippen LogP contribution in [0.25, 0.3) is 0 Å². The second kappa shape index (κ2) is 4.87. The Labute approximate surface area is 112 Å². The van der Waals surface area contributed by atoms with Gasteiger partial charge in [0.25, 0.3) is 5.91 Å². The summed E-state index contributed by atoms with van der Waals surface area (Å²) in [5.74, 6) is 0.714. The lowest BCUT2D eigenvalue weighted by Gasteiger charge is -2.14. The minimum Gasteiger partial charge on any atom is -0.342 e. The lowest BCUT2D eigenvalue weighted by atomic mass is 10.1. The number of imidazole rings is 1. The fourth-order valence-electron chi connectivity index (χ4n) is 2.23. The van der Waals surface area contributed by atoms with Crippen molar-refractivity contribution in [1.29, 1.82) is 0 Å². The summed E-state index contributed by atoms with van der Waals surface area (Å²) in [6.45, 7) is 5.65. The third-order valence-electron chi connectivity index (χ3n) is 3.33. The maximum absolute atomic E-state index is 12.3. The Bertz CT molecular complexity index is 611. The van der Waals surface area contributed by atoms with E-state index in [-0.39, 0.29) is 11.9 Å². The molecule has 2 aromatic rings. The van der Waals surface area contributed by atoms with Crippen molar-refractivity contribution in [2.45, 2.75) is 26.8 Å². The van der Waals surface area contributed by atoms with Crippen LogP contribution in [-0.2, 0) is 14.1 Å². The zero-order valence-electron chi connectivity index (χ0n) is 11.9. The highest BCUT2D eigenvalue weighted by Gasteiger charge is 2.20. The van der Waals surface area contributed by atoms with Crippen molar-refractivity contribution in [2.24, 2.45) is 14.1 Å². The number of nitrogens with zero attached hydrogens (tertiary/aromatic N) is 4. The van der Waals surface area contributed by atoms with Crippen LogP contribution in [0.15, 0.2) is 12.4 Å². The van der Waals surface area contributed by atoms with Crippen LogP contribution in [-0.4, -0.2) is 25.2 Å². The predicted molar refractivity (Wildman–Crippen MR) is 71.8 cm³/mol. The van der Waals surface area contributed by atoms with Crippen LogP contribution in [0.5, 0.6) is 0 Å². The SMILES string of the molecule is Cc1nn(C)c(C)c1C(=O)NC(C)c1nccn1C. The van der Waals surface area contributed by atoms with Crippen LogP contribution in [0, 0.1) is 13.8 Å². The molecule has 102 valence electrons. The first-order valence-corrected chi connectivity index (χ1v) is 6.20. The van der Waals surface area contributed by atoms with Gasteiger partial charge >= 0.3 is 0 Å². The number of amides is 1. The molecule has 1 atom stereocenters. The van der Waals surface area contributed by atoms with Gasteiger partial charge in [0.2, 0.25) is 0 Å². The standard InChI is InChI=1S/C13H19N5O/c1-8-11(10(3)18(5)16-8)13(19)15-9(2)12-14-6-7-17(12)4/h6-7,9H,1-5H3,(H,15,19). The molecule has 2 heterocycles. The Balaban J connectivity index is 2.20. The van der Waals surface area contributed by atoms with E-state index in [9.17, 15) is 4.79 Å². The number of carbonyl (C=O) groups excluding carboxylic acids is 1. The van der Waals surface area contributed by atoms with Gasteiger partial charge in [-0.3, -0.25) is 9.48 Å². The molecule has 2 rings (SSSR count). The second-order valence-electron chi connectivity index (χ2n) is 4.76. The molecule has 0 spiro atoms. The maximum atomic E-state index is 12.3. The number of aryl methyl sites for hydroxylation is 3. The van der Waals surface area contributed by atoms with E-state index in [1.54, 1.807) is 10.9 Å². The number of nitrogens with one attached hydrogen (secondary N) is 1. The van der Waals surface area contributed by atoms with Crippen molar-refractivity contribution in [3.63, 3.8) is 0 Å². The zero-order valence-corrected chi connectivity index (χ0v) is 11.9. The predicted octanol–water partition coefficient (Wildman–Crippen LogP) is 1.26. The van der Waals surface area contributed by atoms with Crippen LogP contribution < -0.4 is 5.32 Å². The van der Waals surface area contributed by atoms with Gasteiger partial charge in [0.15, 0.2) is 0 Å². The minimum atomic E-state index is -0.147. The summed E-state index contributed by atoms with van der Waals surface area (Å²) in [7, 11) is 3.74. The summed E-state index contributed by atoms with van der Waals surface area (Å²) in [6, 6.07) is -0.147. The Morgan fingerprint density at radius 1 is 1.37 bits per heavy atom. The van der Waals surface area contributed by atoms with E-state index < -0.39 is 0 Å². The van der Waals surface area contributed by atoms with Gasteiger partial charge in [-0.05, 0) is 20.8 Å². The number of rotatable bonds is 3. The Hall–Kier alpha value is -2.11. The first-order chi connectivity index (χ1) is 8.91. The van der Waals surface area contributed by atoms with E-state index >= 15 is 0 Å². The Morgan fingerprint density at radius 2 is 2.05 bits per heavy atom. The van der Waals surface area contributed by atoms with Crippen molar-refractivity contribution in [3.8, 4) is 0 Å². The fraction of sp³-hybridized carbons (Fsp3) is 0.462. The Morgan fingerprint density at radius 3 is 2.53 bits per heavy atom. The average molecular weight is 261 g/mol. The van der Waals surface area contributed by atoms with Crippen LogP contribution in [0.2, 0.25) is 0 Å². The molecule has 0 saturated heterocycles. The van der Waals surface area contributed by atoms with E-state index in [4.69, 9.17) is 0 Å². The molecule has 1 N–H and O–H groups in total. The zero-order chi connectivity index (χ0) is 14.2.